The lowest BCUT2D eigenvalue weighted by Crippen LogP contribution is -2.26. The fraction of sp³-hybridized carbons (Fsp3) is 0.259. The van der Waals surface area contributed by atoms with Gasteiger partial charge >= 0.3 is 0 Å². The molecule has 2 aromatic carbocycles. The minimum atomic E-state index is -0.601. The van der Waals surface area contributed by atoms with Gasteiger partial charge in [-0.3, -0.25) is 9.67 Å². The lowest BCUT2D eigenvalue weighted by molar-refractivity contribution is 0.391. The molecule has 0 spiro atoms. The fourth-order valence-corrected chi connectivity index (χ4v) is 4.84. The second-order valence-corrected chi connectivity index (χ2v) is 8.86. The molecule has 1 aliphatic carbocycles. The molecule has 0 atom stereocenters. The molecule has 2 N–H and O–H groups in total. The van der Waals surface area contributed by atoms with Crippen molar-refractivity contribution in [2.75, 3.05) is 0 Å². The van der Waals surface area contributed by atoms with Gasteiger partial charge in [-0.05, 0) is 55.5 Å². The van der Waals surface area contributed by atoms with E-state index in [2.05, 4.69) is 16.0 Å². The number of fused-ring (bicyclic) bond motifs is 1. The van der Waals surface area contributed by atoms with Crippen molar-refractivity contribution < 1.29 is 4.39 Å². The molecule has 7 heteroatoms. The minimum Gasteiger partial charge on any atom is -0.328 e. The Bertz CT molecular complexity index is 1480. The van der Waals surface area contributed by atoms with Gasteiger partial charge in [0.05, 0.1) is 35.6 Å². The molecular formula is C27H23FN6. The van der Waals surface area contributed by atoms with Gasteiger partial charge in [0.1, 0.15) is 5.82 Å². The molecule has 6 nitrogen and oxygen atoms in total. The second-order valence-electron chi connectivity index (χ2n) is 8.86. The highest BCUT2D eigenvalue weighted by Gasteiger charge is 2.25. The van der Waals surface area contributed by atoms with E-state index < -0.39 is 5.82 Å². The molecule has 0 amide bonds. The first-order chi connectivity index (χ1) is 16.5. The van der Waals surface area contributed by atoms with Crippen molar-refractivity contribution in [1.82, 2.24) is 14.8 Å². The van der Waals surface area contributed by atoms with Gasteiger partial charge in [-0.25, -0.2) is 9.24 Å². The van der Waals surface area contributed by atoms with Gasteiger partial charge < -0.3 is 5.73 Å². The first kappa shape index (κ1) is 21.8. The van der Waals surface area contributed by atoms with Crippen LogP contribution in [0.5, 0.6) is 0 Å². The van der Waals surface area contributed by atoms with Gasteiger partial charge in [-0.15, -0.1) is 0 Å². The number of nitrogens with zero attached hydrogens (tertiary/aromatic N) is 5. The number of hydrogen-bond donors (Lipinski definition) is 1. The first-order valence-corrected chi connectivity index (χ1v) is 11.3. The highest BCUT2D eigenvalue weighted by Crippen LogP contribution is 2.40. The smallest absolute Gasteiger partial charge is 0.222 e. The Morgan fingerprint density at radius 1 is 1.12 bits per heavy atom. The molecule has 34 heavy (non-hydrogen) atoms. The SMILES string of the molecule is [C-]#[N+]c1ccc(-c2nc(C3CCC(N)CC3)cc(C#N)c2-c2ccc3c(cnn3C)c2)cc1F. The molecule has 0 radical (unpaired) electrons. The van der Waals surface area contributed by atoms with Crippen molar-refractivity contribution in [3.8, 4) is 28.5 Å². The Morgan fingerprint density at radius 3 is 2.59 bits per heavy atom. The van der Waals surface area contributed by atoms with Crippen LogP contribution in [0.4, 0.5) is 10.1 Å². The van der Waals surface area contributed by atoms with Crippen LogP contribution in [0.25, 0.3) is 38.1 Å². The van der Waals surface area contributed by atoms with Crippen LogP contribution in [0.15, 0.2) is 48.7 Å². The largest absolute Gasteiger partial charge is 0.328 e. The lowest BCUT2D eigenvalue weighted by atomic mass is 9.83. The van der Waals surface area contributed by atoms with Crippen molar-refractivity contribution in [2.45, 2.75) is 37.6 Å². The van der Waals surface area contributed by atoms with Crippen LogP contribution in [-0.2, 0) is 7.05 Å². The van der Waals surface area contributed by atoms with E-state index in [0.717, 1.165) is 47.8 Å². The summed E-state index contributed by atoms with van der Waals surface area (Å²) in [6, 6.07) is 14.8. The van der Waals surface area contributed by atoms with Crippen LogP contribution < -0.4 is 5.73 Å². The van der Waals surface area contributed by atoms with Crippen molar-refractivity contribution in [3.63, 3.8) is 0 Å². The van der Waals surface area contributed by atoms with E-state index in [4.69, 9.17) is 17.3 Å². The fourth-order valence-electron chi connectivity index (χ4n) is 4.84. The summed E-state index contributed by atoms with van der Waals surface area (Å²) in [6.07, 6.45) is 5.42. The predicted octanol–water partition coefficient (Wildman–Crippen LogP) is 5.85. The number of nitriles is 1. The second kappa shape index (κ2) is 8.70. The van der Waals surface area contributed by atoms with E-state index in [1.165, 1.54) is 12.1 Å². The molecule has 4 aromatic rings. The summed E-state index contributed by atoms with van der Waals surface area (Å²) in [5, 5.41) is 15.4. The summed E-state index contributed by atoms with van der Waals surface area (Å²) in [5.74, 6) is -0.400. The maximum absolute atomic E-state index is 14.6. The van der Waals surface area contributed by atoms with Crippen LogP contribution in [0, 0.1) is 23.7 Å². The maximum atomic E-state index is 14.6. The molecule has 1 aliphatic rings. The summed E-state index contributed by atoms with van der Waals surface area (Å²) in [7, 11) is 1.88. The maximum Gasteiger partial charge on any atom is 0.222 e. The van der Waals surface area contributed by atoms with Gasteiger partial charge in [-0.2, -0.15) is 10.4 Å². The van der Waals surface area contributed by atoms with Crippen molar-refractivity contribution in [3.05, 3.63) is 77.2 Å². The molecule has 1 saturated carbocycles. The van der Waals surface area contributed by atoms with Crippen LogP contribution in [-0.4, -0.2) is 20.8 Å². The molecule has 5 rings (SSSR count). The zero-order chi connectivity index (χ0) is 23.8. The molecule has 0 unspecified atom stereocenters. The first-order valence-electron chi connectivity index (χ1n) is 11.3. The Morgan fingerprint density at radius 2 is 1.88 bits per heavy atom. The third kappa shape index (κ3) is 3.81. The van der Waals surface area contributed by atoms with Crippen LogP contribution in [0.2, 0.25) is 0 Å². The Kier molecular flexibility index (Phi) is 5.57. The molecule has 1 fully saturated rings. The third-order valence-electron chi connectivity index (χ3n) is 6.73. The highest BCUT2D eigenvalue weighted by molar-refractivity contribution is 5.91. The Hall–Kier alpha value is -4.07. The molecule has 2 heterocycles. The highest BCUT2D eigenvalue weighted by atomic mass is 19.1. The van der Waals surface area contributed by atoms with Crippen molar-refractivity contribution in [2.24, 2.45) is 12.8 Å². The minimum absolute atomic E-state index is 0.0417. The van der Waals surface area contributed by atoms with Gasteiger partial charge in [0.15, 0.2) is 0 Å². The summed E-state index contributed by atoms with van der Waals surface area (Å²) < 4.78 is 16.4. The number of benzene rings is 2. The summed E-state index contributed by atoms with van der Waals surface area (Å²) in [6.45, 7) is 7.17. The number of rotatable bonds is 3. The molecule has 168 valence electrons. The normalized spacial score (nSPS) is 17.9. The van der Waals surface area contributed by atoms with Gasteiger partial charge in [0, 0.05) is 41.2 Å². The molecule has 0 aliphatic heterocycles. The van der Waals surface area contributed by atoms with E-state index in [-0.39, 0.29) is 17.6 Å². The van der Waals surface area contributed by atoms with Gasteiger partial charge in [0.25, 0.3) is 0 Å². The lowest BCUT2D eigenvalue weighted by Gasteiger charge is -2.26. The van der Waals surface area contributed by atoms with E-state index in [1.807, 2.05) is 31.3 Å². The van der Waals surface area contributed by atoms with Crippen LogP contribution >= 0.6 is 0 Å². The zero-order valence-corrected chi connectivity index (χ0v) is 18.8. The van der Waals surface area contributed by atoms with Crippen molar-refractivity contribution >= 4 is 16.6 Å². The number of aromatic nitrogens is 3. The van der Waals surface area contributed by atoms with Crippen molar-refractivity contribution in [1.29, 1.82) is 5.26 Å². The third-order valence-corrected chi connectivity index (χ3v) is 6.73. The topological polar surface area (TPSA) is 84.9 Å². The number of aryl methyl sites for hydroxylation is 1. The number of hydrogen-bond acceptors (Lipinski definition) is 4. The quantitative estimate of drug-likeness (QED) is 0.397. The number of nitrogens with two attached hydrogens (primary N) is 1. The van der Waals surface area contributed by atoms with E-state index >= 15 is 0 Å². The van der Waals surface area contributed by atoms with Gasteiger partial charge in [0.2, 0.25) is 5.69 Å². The Labute approximate surface area is 197 Å². The average Bonchev–Trinajstić information content (AvgIpc) is 3.23. The molecule has 0 saturated heterocycles. The number of halogens is 1. The molecule has 2 aromatic heterocycles. The molecular weight excluding hydrogens is 427 g/mol. The van der Waals surface area contributed by atoms with Gasteiger partial charge in [-0.1, -0.05) is 18.2 Å². The number of pyridine rings is 1. The van der Waals surface area contributed by atoms with E-state index in [1.54, 1.807) is 16.9 Å². The van der Waals surface area contributed by atoms with E-state index in [0.29, 0.717) is 22.4 Å². The van der Waals surface area contributed by atoms with Crippen LogP contribution in [0.1, 0.15) is 42.9 Å². The zero-order valence-electron chi connectivity index (χ0n) is 18.8. The van der Waals surface area contributed by atoms with E-state index in [9.17, 15) is 9.65 Å². The van der Waals surface area contributed by atoms with Crippen LogP contribution in [0.3, 0.4) is 0 Å². The predicted molar refractivity (Wildman–Crippen MR) is 130 cm³/mol. The standard InChI is InChI=1S/C27H23FN6/c1-31-23-9-5-18(12-22(23)28)27-26(17-6-10-25-20(11-17)15-32-34(25)2)19(14-29)13-24(33-27)16-3-7-21(30)8-4-16/h5-6,9-13,15-16,21H,3-4,7-8,30H2,2H3. The Balaban J connectivity index is 1.74. The average molecular weight is 451 g/mol. The summed E-state index contributed by atoms with van der Waals surface area (Å²) in [4.78, 5) is 8.24. The monoisotopic (exact) mass is 450 g/mol. The summed E-state index contributed by atoms with van der Waals surface area (Å²) in [5.41, 5.74) is 10.9. The summed E-state index contributed by atoms with van der Waals surface area (Å²) >= 11 is 0. The molecule has 0 bridgehead atoms.